The zero-order chi connectivity index (χ0) is 16.8. The lowest BCUT2D eigenvalue weighted by molar-refractivity contribution is -0.123. The molecule has 0 spiro atoms. The lowest BCUT2D eigenvalue weighted by Crippen LogP contribution is -2.31. The monoisotopic (exact) mass is 356 g/mol. The maximum absolute atomic E-state index is 11.7. The fourth-order valence-corrected chi connectivity index (χ4v) is 2.02. The highest BCUT2D eigenvalue weighted by Crippen LogP contribution is 2.26. The summed E-state index contributed by atoms with van der Waals surface area (Å²) in [6.07, 6.45) is 0.346. The van der Waals surface area contributed by atoms with E-state index in [1.165, 1.54) is 12.1 Å². The number of halogens is 2. The fraction of sp³-hybridized carbons (Fsp3) is 0.214. The highest BCUT2D eigenvalue weighted by molar-refractivity contribution is 6.42. The van der Waals surface area contributed by atoms with Crippen molar-refractivity contribution in [2.24, 2.45) is 0 Å². The molecule has 1 amide bonds. The summed E-state index contributed by atoms with van der Waals surface area (Å²) >= 11 is 11.6. The van der Waals surface area contributed by atoms with E-state index in [1.54, 1.807) is 12.1 Å². The second-order valence-electron chi connectivity index (χ2n) is 4.58. The van der Waals surface area contributed by atoms with Crippen LogP contribution in [0.3, 0.4) is 0 Å². The quantitative estimate of drug-likeness (QED) is 0.724. The lowest BCUT2D eigenvalue weighted by Gasteiger charge is -2.08. The third kappa shape index (κ3) is 5.46. The second-order valence-corrected chi connectivity index (χ2v) is 5.40. The Morgan fingerprint density at radius 2 is 2.09 bits per heavy atom. The Hall–Kier alpha value is -2.25. The van der Waals surface area contributed by atoms with E-state index >= 15 is 0 Å². The van der Waals surface area contributed by atoms with Gasteiger partial charge < -0.3 is 20.8 Å². The van der Waals surface area contributed by atoms with E-state index in [2.05, 4.69) is 15.3 Å². The number of aromatic nitrogens is 2. The highest BCUT2D eigenvalue weighted by Gasteiger charge is 2.05. The molecule has 1 aromatic carbocycles. The minimum Gasteiger partial charge on any atom is -0.484 e. The first-order valence-electron chi connectivity index (χ1n) is 6.64. The van der Waals surface area contributed by atoms with Crippen LogP contribution in [0, 0.1) is 0 Å². The standard InChI is InChI=1S/C14H14Cl2N4O3/c15-9-2-1-8(5-10(9)16)23-7-14(22)18-4-3-12-19-11(17)6-13(21)20-12/h1-2,5-6H,3-4,7H2,(H,18,22)(H3,17,19,20,21). The number of H-pyrrole nitrogens is 1. The summed E-state index contributed by atoms with van der Waals surface area (Å²) < 4.78 is 5.30. The molecule has 4 N–H and O–H groups in total. The van der Waals surface area contributed by atoms with Crippen LogP contribution in [-0.2, 0) is 11.2 Å². The zero-order valence-corrected chi connectivity index (χ0v) is 13.4. The first kappa shape index (κ1) is 17.1. The SMILES string of the molecule is Nc1cc(=O)[nH]c(CCNC(=O)COc2ccc(Cl)c(Cl)c2)n1. The van der Waals surface area contributed by atoms with Gasteiger partial charge in [0.25, 0.3) is 11.5 Å². The largest absolute Gasteiger partial charge is 0.484 e. The van der Waals surface area contributed by atoms with Gasteiger partial charge in [-0.3, -0.25) is 9.59 Å². The average Bonchev–Trinajstić information content (AvgIpc) is 2.47. The number of anilines is 1. The summed E-state index contributed by atoms with van der Waals surface area (Å²) in [5, 5.41) is 3.40. The number of rotatable bonds is 6. The molecule has 2 rings (SSSR count). The molecule has 7 nitrogen and oxygen atoms in total. The Bertz CT molecular complexity index is 764. The molecule has 0 aliphatic rings. The van der Waals surface area contributed by atoms with Crippen molar-refractivity contribution in [2.75, 3.05) is 18.9 Å². The number of hydrogen-bond donors (Lipinski definition) is 3. The number of carbonyl (C=O) groups is 1. The number of hydrogen-bond acceptors (Lipinski definition) is 5. The summed E-state index contributed by atoms with van der Waals surface area (Å²) in [5.41, 5.74) is 5.14. The zero-order valence-electron chi connectivity index (χ0n) is 11.9. The van der Waals surface area contributed by atoms with Crippen molar-refractivity contribution >= 4 is 34.9 Å². The molecule has 1 heterocycles. The molecule has 0 aliphatic carbocycles. The smallest absolute Gasteiger partial charge is 0.257 e. The van der Waals surface area contributed by atoms with Crippen LogP contribution in [0.4, 0.5) is 5.82 Å². The average molecular weight is 357 g/mol. The molecule has 2 aromatic rings. The number of nitrogens with zero attached hydrogens (tertiary/aromatic N) is 1. The third-order valence-electron chi connectivity index (χ3n) is 2.76. The van der Waals surface area contributed by atoms with E-state index in [0.29, 0.717) is 28.0 Å². The molecule has 0 radical (unpaired) electrons. The molecule has 0 fully saturated rings. The van der Waals surface area contributed by atoms with Crippen molar-refractivity contribution in [2.45, 2.75) is 6.42 Å². The Balaban J connectivity index is 1.76. The number of benzene rings is 1. The predicted molar refractivity (Wildman–Crippen MR) is 87.9 cm³/mol. The maximum atomic E-state index is 11.7. The first-order valence-corrected chi connectivity index (χ1v) is 7.40. The van der Waals surface area contributed by atoms with Crippen LogP contribution in [0.5, 0.6) is 5.75 Å². The van der Waals surface area contributed by atoms with Crippen LogP contribution in [0.2, 0.25) is 10.0 Å². The minimum atomic E-state index is -0.332. The van der Waals surface area contributed by atoms with Gasteiger partial charge in [0.05, 0.1) is 10.0 Å². The van der Waals surface area contributed by atoms with Crippen molar-refractivity contribution in [3.05, 3.63) is 50.5 Å². The van der Waals surface area contributed by atoms with Gasteiger partial charge in [-0.05, 0) is 12.1 Å². The fourth-order valence-electron chi connectivity index (χ4n) is 1.73. The van der Waals surface area contributed by atoms with Gasteiger partial charge in [-0.15, -0.1) is 0 Å². The molecule has 0 atom stereocenters. The minimum absolute atomic E-state index is 0.137. The number of carbonyl (C=O) groups excluding carboxylic acids is 1. The van der Waals surface area contributed by atoms with Crippen LogP contribution >= 0.6 is 23.2 Å². The molecule has 9 heteroatoms. The van der Waals surface area contributed by atoms with E-state index in [9.17, 15) is 9.59 Å². The summed E-state index contributed by atoms with van der Waals surface area (Å²) in [6.45, 7) is 0.120. The van der Waals surface area contributed by atoms with Crippen LogP contribution in [-0.4, -0.2) is 29.0 Å². The molecule has 0 saturated carbocycles. The number of nitrogen functional groups attached to an aromatic ring is 1. The topological polar surface area (TPSA) is 110 Å². The van der Waals surface area contributed by atoms with Gasteiger partial charge in [-0.1, -0.05) is 23.2 Å². The van der Waals surface area contributed by atoms with E-state index < -0.39 is 0 Å². The molecule has 1 aromatic heterocycles. The van der Waals surface area contributed by atoms with Gasteiger partial charge >= 0.3 is 0 Å². The maximum Gasteiger partial charge on any atom is 0.257 e. The van der Waals surface area contributed by atoms with E-state index in [1.807, 2.05) is 0 Å². The van der Waals surface area contributed by atoms with Crippen molar-refractivity contribution in [3.8, 4) is 5.75 Å². The van der Waals surface area contributed by atoms with Crippen LogP contribution in [0.15, 0.2) is 29.1 Å². The van der Waals surface area contributed by atoms with E-state index in [-0.39, 0.29) is 30.4 Å². The number of amides is 1. The van der Waals surface area contributed by atoms with Gasteiger partial charge in [0.1, 0.15) is 17.4 Å². The summed E-state index contributed by atoms with van der Waals surface area (Å²) in [6, 6.07) is 5.91. The lowest BCUT2D eigenvalue weighted by atomic mass is 10.3. The Kier molecular flexibility index (Phi) is 5.84. The predicted octanol–water partition coefficient (Wildman–Crippen LogP) is 1.40. The van der Waals surface area contributed by atoms with Gasteiger partial charge in [0.2, 0.25) is 0 Å². The molecule has 0 aliphatic heterocycles. The summed E-state index contributed by atoms with van der Waals surface area (Å²) in [7, 11) is 0. The van der Waals surface area contributed by atoms with Crippen LogP contribution in [0.25, 0.3) is 0 Å². The van der Waals surface area contributed by atoms with Crippen molar-refractivity contribution < 1.29 is 9.53 Å². The molecule has 0 bridgehead atoms. The van der Waals surface area contributed by atoms with Crippen LogP contribution < -0.4 is 21.3 Å². The van der Waals surface area contributed by atoms with Crippen molar-refractivity contribution in [3.63, 3.8) is 0 Å². The van der Waals surface area contributed by atoms with Crippen molar-refractivity contribution in [1.82, 2.24) is 15.3 Å². The molecule has 122 valence electrons. The van der Waals surface area contributed by atoms with E-state index in [4.69, 9.17) is 33.7 Å². The summed E-state index contributed by atoms with van der Waals surface area (Å²) in [5.74, 6) is 0.664. The third-order valence-corrected chi connectivity index (χ3v) is 3.49. The molecular formula is C14H14Cl2N4O3. The van der Waals surface area contributed by atoms with Gasteiger partial charge in [0, 0.05) is 25.1 Å². The molecule has 23 heavy (non-hydrogen) atoms. The normalized spacial score (nSPS) is 10.3. The number of nitrogens with one attached hydrogen (secondary N) is 2. The molecular weight excluding hydrogens is 343 g/mol. The first-order chi connectivity index (χ1) is 10.9. The highest BCUT2D eigenvalue weighted by atomic mass is 35.5. The van der Waals surface area contributed by atoms with Gasteiger partial charge in [-0.25, -0.2) is 4.98 Å². The number of nitrogens with two attached hydrogens (primary N) is 1. The Labute approximate surface area is 141 Å². The second kappa shape index (κ2) is 7.85. The number of ether oxygens (including phenoxy) is 1. The molecule has 0 unspecified atom stereocenters. The van der Waals surface area contributed by atoms with Gasteiger partial charge in [0.15, 0.2) is 6.61 Å². The van der Waals surface area contributed by atoms with Crippen molar-refractivity contribution in [1.29, 1.82) is 0 Å². The van der Waals surface area contributed by atoms with Crippen LogP contribution in [0.1, 0.15) is 5.82 Å². The number of aromatic amines is 1. The summed E-state index contributed by atoms with van der Waals surface area (Å²) in [4.78, 5) is 29.4. The Morgan fingerprint density at radius 3 is 2.78 bits per heavy atom. The van der Waals surface area contributed by atoms with E-state index in [0.717, 1.165) is 0 Å². The Morgan fingerprint density at radius 1 is 1.30 bits per heavy atom. The molecule has 0 saturated heterocycles. The van der Waals surface area contributed by atoms with Gasteiger partial charge in [-0.2, -0.15) is 0 Å².